The Bertz CT molecular complexity index is 315. The van der Waals surface area contributed by atoms with Gasteiger partial charge < -0.3 is 20.1 Å². The third-order valence-corrected chi connectivity index (χ3v) is 3.56. The van der Waals surface area contributed by atoms with Crippen LogP contribution < -0.4 is 10.6 Å². The zero-order valence-corrected chi connectivity index (χ0v) is 14.2. The van der Waals surface area contributed by atoms with Crippen LogP contribution in [0.2, 0.25) is 0 Å². The van der Waals surface area contributed by atoms with E-state index in [0.29, 0.717) is 6.61 Å². The average Bonchev–Trinajstić information content (AvgIpc) is 2.35. The quantitative estimate of drug-likeness (QED) is 0.677. The third kappa shape index (κ3) is 6.66. The van der Waals surface area contributed by atoms with Crippen LogP contribution >= 0.6 is 0 Å². The first-order chi connectivity index (χ1) is 9.87. The van der Waals surface area contributed by atoms with Gasteiger partial charge in [-0.3, -0.25) is 0 Å². The molecule has 0 radical (unpaired) electrons. The predicted molar refractivity (Wildman–Crippen MR) is 84.5 cm³/mol. The normalized spacial score (nSPS) is 25.3. The summed E-state index contributed by atoms with van der Waals surface area (Å²) in [5, 5.41) is 6.46. The maximum absolute atomic E-state index is 11.8. The molecule has 0 spiro atoms. The van der Waals surface area contributed by atoms with Crippen molar-refractivity contribution in [3.63, 3.8) is 0 Å². The Balaban J connectivity index is 2.39. The van der Waals surface area contributed by atoms with Gasteiger partial charge in [0.15, 0.2) is 0 Å². The average molecular weight is 300 g/mol. The molecular weight excluding hydrogens is 268 g/mol. The zero-order chi connectivity index (χ0) is 15.9. The van der Waals surface area contributed by atoms with Crippen LogP contribution in [0.5, 0.6) is 0 Å². The summed E-state index contributed by atoms with van der Waals surface area (Å²) in [5.74, 6) is 0. The third-order valence-electron chi connectivity index (χ3n) is 3.56. The van der Waals surface area contributed by atoms with Crippen LogP contribution in [0.1, 0.15) is 60.3 Å². The molecule has 0 aromatic carbocycles. The van der Waals surface area contributed by atoms with E-state index in [1.807, 2.05) is 27.7 Å². The van der Waals surface area contributed by atoms with Crippen LogP contribution in [-0.2, 0) is 9.47 Å². The highest BCUT2D eigenvalue weighted by molar-refractivity contribution is 5.68. The van der Waals surface area contributed by atoms with Gasteiger partial charge >= 0.3 is 6.09 Å². The van der Waals surface area contributed by atoms with Gasteiger partial charge in [0.2, 0.25) is 0 Å². The molecular formula is C16H32N2O3. The van der Waals surface area contributed by atoms with Gasteiger partial charge in [-0.1, -0.05) is 19.8 Å². The molecule has 1 fully saturated rings. The maximum Gasteiger partial charge on any atom is 0.407 e. The number of alkyl carbamates (subject to hydrolysis) is 1. The number of ether oxygens (including phenoxy) is 2. The second-order valence-electron chi connectivity index (χ2n) is 6.67. The summed E-state index contributed by atoms with van der Waals surface area (Å²) in [6, 6.07) is 0.285. The lowest BCUT2D eigenvalue weighted by Crippen LogP contribution is -2.66. The molecule has 1 rings (SSSR count). The molecule has 1 amide bonds. The second kappa shape index (κ2) is 8.59. The summed E-state index contributed by atoms with van der Waals surface area (Å²) in [4.78, 5) is 11.8. The van der Waals surface area contributed by atoms with Crippen molar-refractivity contribution in [2.45, 2.75) is 84.1 Å². The molecule has 0 bridgehead atoms. The van der Waals surface area contributed by atoms with Gasteiger partial charge in [0.25, 0.3) is 0 Å². The van der Waals surface area contributed by atoms with Crippen LogP contribution in [0.4, 0.5) is 4.79 Å². The number of carbonyl (C=O) groups excluding carboxylic acids is 1. The van der Waals surface area contributed by atoms with Crippen molar-refractivity contribution in [1.29, 1.82) is 0 Å². The molecule has 1 aliphatic carbocycles. The Kier molecular flexibility index (Phi) is 7.46. The van der Waals surface area contributed by atoms with Gasteiger partial charge in [-0.15, -0.1) is 0 Å². The van der Waals surface area contributed by atoms with Crippen molar-refractivity contribution in [2.75, 3.05) is 13.2 Å². The van der Waals surface area contributed by atoms with Crippen molar-refractivity contribution in [3.8, 4) is 0 Å². The molecule has 1 saturated carbocycles. The number of hydrogen-bond acceptors (Lipinski definition) is 4. The molecule has 0 saturated heterocycles. The lowest BCUT2D eigenvalue weighted by Gasteiger charge is -2.45. The smallest absolute Gasteiger partial charge is 0.407 e. The molecule has 2 N–H and O–H groups in total. The summed E-state index contributed by atoms with van der Waals surface area (Å²) in [6.07, 6.45) is 4.28. The summed E-state index contributed by atoms with van der Waals surface area (Å²) in [5.41, 5.74) is -0.461. The molecule has 124 valence electrons. The predicted octanol–water partition coefficient (Wildman–Crippen LogP) is 2.84. The second-order valence-corrected chi connectivity index (χ2v) is 6.67. The minimum atomic E-state index is -0.461. The number of nitrogens with one attached hydrogen (secondary N) is 2. The van der Waals surface area contributed by atoms with E-state index in [-0.39, 0.29) is 24.3 Å². The van der Waals surface area contributed by atoms with Crippen molar-refractivity contribution >= 4 is 6.09 Å². The minimum absolute atomic E-state index is 0.0954. The molecule has 0 aromatic heterocycles. The zero-order valence-electron chi connectivity index (χ0n) is 14.2. The van der Waals surface area contributed by atoms with Crippen LogP contribution in [-0.4, -0.2) is 43.0 Å². The molecule has 0 aliphatic heterocycles. The fourth-order valence-corrected chi connectivity index (χ4v) is 2.52. The Labute approximate surface area is 129 Å². The lowest BCUT2D eigenvalue weighted by molar-refractivity contribution is -0.0432. The first kappa shape index (κ1) is 18.2. The monoisotopic (exact) mass is 300 g/mol. The summed E-state index contributed by atoms with van der Waals surface area (Å²) in [6.45, 7) is 11.5. The summed E-state index contributed by atoms with van der Waals surface area (Å²) < 4.78 is 11.0. The van der Waals surface area contributed by atoms with Gasteiger partial charge in [-0.2, -0.15) is 0 Å². The fourth-order valence-electron chi connectivity index (χ4n) is 2.52. The van der Waals surface area contributed by atoms with E-state index in [2.05, 4.69) is 17.6 Å². The number of hydrogen-bond donors (Lipinski definition) is 2. The number of unbranched alkanes of at least 4 members (excludes halogenated alkanes) is 2. The molecule has 0 aromatic rings. The first-order valence-electron chi connectivity index (χ1n) is 8.22. The minimum Gasteiger partial charge on any atom is -0.444 e. The largest absolute Gasteiger partial charge is 0.444 e. The number of amides is 1. The topological polar surface area (TPSA) is 59.6 Å². The van der Waals surface area contributed by atoms with E-state index in [4.69, 9.17) is 9.47 Å². The van der Waals surface area contributed by atoms with Crippen LogP contribution in [0.25, 0.3) is 0 Å². The van der Waals surface area contributed by atoms with E-state index < -0.39 is 5.60 Å². The molecule has 1 aliphatic rings. The molecule has 3 atom stereocenters. The Hall–Kier alpha value is -0.810. The van der Waals surface area contributed by atoms with Crippen LogP contribution in [0, 0.1) is 0 Å². The first-order valence-corrected chi connectivity index (χ1v) is 8.22. The lowest BCUT2D eigenvalue weighted by atomic mass is 9.82. The van der Waals surface area contributed by atoms with Gasteiger partial charge in [-0.05, 0) is 47.1 Å². The van der Waals surface area contributed by atoms with Crippen molar-refractivity contribution in [1.82, 2.24) is 10.6 Å². The highest BCUT2D eigenvalue weighted by atomic mass is 16.6. The molecule has 3 unspecified atom stereocenters. The molecule has 5 heteroatoms. The highest BCUT2D eigenvalue weighted by Crippen LogP contribution is 2.25. The van der Waals surface area contributed by atoms with Crippen molar-refractivity contribution < 1.29 is 14.3 Å². The van der Waals surface area contributed by atoms with Crippen LogP contribution in [0.15, 0.2) is 0 Å². The Morgan fingerprint density at radius 3 is 2.52 bits per heavy atom. The van der Waals surface area contributed by atoms with Crippen molar-refractivity contribution in [2.24, 2.45) is 0 Å². The van der Waals surface area contributed by atoms with Gasteiger partial charge in [0.1, 0.15) is 5.60 Å². The standard InChI is InChI=1S/C16H32N2O3/c1-6-8-9-10-17-14-12(11-13(14)20-7-2)18-15(19)21-16(3,4)5/h12-14,17H,6-11H2,1-5H3,(H,18,19). The van der Waals surface area contributed by atoms with E-state index in [0.717, 1.165) is 19.4 Å². The highest BCUT2D eigenvalue weighted by Gasteiger charge is 2.42. The van der Waals surface area contributed by atoms with Gasteiger partial charge in [-0.25, -0.2) is 4.79 Å². The maximum atomic E-state index is 11.8. The molecule has 0 heterocycles. The number of carbonyl (C=O) groups is 1. The van der Waals surface area contributed by atoms with Crippen molar-refractivity contribution in [3.05, 3.63) is 0 Å². The van der Waals surface area contributed by atoms with E-state index in [1.54, 1.807) is 0 Å². The van der Waals surface area contributed by atoms with Gasteiger partial charge in [0, 0.05) is 6.61 Å². The van der Waals surface area contributed by atoms with E-state index in [9.17, 15) is 4.79 Å². The van der Waals surface area contributed by atoms with Crippen LogP contribution in [0.3, 0.4) is 0 Å². The number of rotatable bonds is 8. The van der Waals surface area contributed by atoms with E-state index >= 15 is 0 Å². The summed E-state index contributed by atoms with van der Waals surface area (Å²) >= 11 is 0. The Morgan fingerprint density at radius 2 is 1.95 bits per heavy atom. The fraction of sp³-hybridized carbons (Fsp3) is 0.938. The molecule has 5 nitrogen and oxygen atoms in total. The van der Waals surface area contributed by atoms with E-state index in [1.165, 1.54) is 12.8 Å². The van der Waals surface area contributed by atoms with Gasteiger partial charge in [0.05, 0.1) is 18.2 Å². The Morgan fingerprint density at radius 1 is 1.24 bits per heavy atom. The summed E-state index contributed by atoms with van der Waals surface area (Å²) in [7, 11) is 0. The molecule has 21 heavy (non-hydrogen) atoms. The SMILES string of the molecule is CCCCCNC1C(NC(=O)OC(C)(C)C)CC1OCC.